The van der Waals surface area contributed by atoms with Gasteiger partial charge in [0, 0.05) is 37.3 Å². The summed E-state index contributed by atoms with van der Waals surface area (Å²) in [5.74, 6) is 0.0224. The molecule has 0 radical (unpaired) electrons. The number of aromatic nitrogens is 2. The quantitative estimate of drug-likeness (QED) is 0.672. The fraction of sp³-hybridized carbons (Fsp3) is 0.167. The molecule has 134 valence electrons. The number of nitrogens with two attached hydrogens (primary N) is 1. The highest BCUT2D eigenvalue weighted by atomic mass is 19.1. The molecule has 0 unspecified atom stereocenters. The van der Waals surface area contributed by atoms with Gasteiger partial charge in [0.2, 0.25) is 0 Å². The van der Waals surface area contributed by atoms with E-state index in [2.05, 4.69) is 15.6 Å². The predicted octanol–water partition coefficient (Wildman–Crippen LogP) is 2.58. The van der Waals surface area contributed by atoms with Gasteiger partial charge in [0.1, 0.15) is 11.6 Å². The van der Waals surface area contributed by atoms with E-state index in [-0.39, 0.29) is 11.2 Å². The zero-order valence-corrected chi connectivity index (χ0v) is 14.6. The minimum absolute atomic E-state index is 0.0797. The lowest BCUT2D eigenvalue weighted by Crippen LogP contribution is -2.21. The van der Waals surface area contributed by atoms with E-state index in [4.69, 9.17) is 5.73 Å². The first-order valence-corrected chi connectivity index (χ1v) is 7.86. The SMILES string of the molecule is CNc1cc2c(cn1)cc(-c1cc(NC(N)=O)c(F)cc1C)c(=O)n2C. The Morgan fingerprint density at radius 2 is 1.96 bits per heavy atom. The molecule has 26 heavy (non-hydrogen) atoms. The zero-order chi connectivity index (χ0) is 19.0. The maximum atomic E-state index is 14.1. The fourth-order valence-electron chi connectivity index (χ4n) is 2.89. The van der Waals surface area contributed by atoms with E-state index in [1.54, 1.807) is 39.3 Å². The maximum absolute atomic E-state index is 14.1. The molecule has 1 aromatic carbocycles. The average molecular weight is 355 g/mol. The topological polar surface area (TPSA) is 102 Å². The number of rotatable bonds is 3. The van der Waals surface area contributed by atoms with Crippen molar-refractivity contribution in [3.63, 3.8) is 0 Å². The Morgan fingerprint density at radius 1 is 1.23 bits per heavy atom. The molecule has 7 nitrogen and oxygen atoms in total. The predicted molar refractivity (Wildman–Crippen MR) is 99.9 cm³/mol. The monoisotopic (exact) mass is 355 g/mol. The molecule has 0 spiro atoms. The summed E-state index contributed by atoms with van der Waals surface area (Å²) in [5.41, 5.74) is 6.92. The lowest BCUT2D eigenvalue weighted by molar-refractivity contribution is 0.259. The van der Waals surface area contributed by atoms with Gasteiger partial charge in [-0.2, -0.15) is 0 Å². The molecule has 0 aliphatic rings. The Morgan fingerprint density at radius 3 is 2.62 bits per heavy atom. The van der Waals surface area contributed by atoms with Crippen LogP contribution >= 0.6 is 0 Å². The lowest BCUT2D eigenvalue weighted by atomic mass is 9.99. The second kappa shape index (κ2) is 6.47. The highest BCUT2D eigenvalue weighted by molar-refractivity contribution is 5.90. The van der Waals surface area contributed by atoms with Crippen LogP contribution in [0.3, 0.4) is 0 Å². The van der Waals surface area contributed by atoms with Gasteiger partial charge < -0.3 is 20.9 Å². The highest BCUT2D eigenvalue weighted by Gasteiger charge is 2.15. The van der Waals surface area contributed by atoms with Crippen LogP contribution < -0.4 is 21.9 Å². The summed E-state index contributed by atoms with van der Waals surface area (Å²) in [6, 6.07) is 5.27. The fourth-order valence-corrected chi connectivity index (χ4v) is 2.89. The second-order valence-corrected chi connectivity index (χ2v) is 5.94. The Kier molecular flexibility index (Phi) is 4.33. The van der Waals surface area contributed by atoms with Gasteiger partial charge in [-0.05, 0) is 36.2 Å². The van der Waals surface area contributed by atoms with Gasteiger partial charge in [0.25, 0.3) is 5.56 Å². The van der Waals surface area contributed by atoms with Gasteiger partial charge in [-0.15, -0.1) is 0 Å². The van der Waals surface area contributed by atoms with Crippen molar-refractivity contribution in [3.05, 3.63) is 52.2 Å². The number of benzene rings is 1. The number of carbonyl (C=O) groups is 1. The Bertz CT molecular complexity index is 1090. The van der Waals surface area contributed by atoms with Gasteiger partial charge in [-0.1, -0.05) is 0 Å². The number of nitrogens with zero attached hydrogens (tertiary/aromatic N) is 2. The van der Waals surface area contributed by atoms with Gasteiger partial charge >= 0.3 is 6.03 Å². The molecular formula is C18H18FN5O2. The minimum atomic E-state index is -0.881. The summed E-state index contributed by atoms with van der Waals surface area (Å²) in [6.45, 7) is 1.69. The van der Waals surface area contributed by atoms with Crippen LogP contribution in [0.15, 0.2) is 35.3 Å². The summed E-state index contributed by atoms with van der Waals surface area (Å²) in [6.07, 6.45) is 1.66. The molecule has 8 heteroatoms. The van der Waals surface area contributed by atoms with Crippen LogP contribution in [-0.2, 0) is 7.05 Å². The van der Waals surface area contributed by atoms with Crippen LogP contribution in [0.5, 0.6) is 0 Å². The summed E-state index contributed by atoms with van der Waals surface area (Å²) in [7, 11) is 3.41. The number of hydrogen-bond donors (Lipinski definition) is 3. The van der Waals surface area contributed by atoms with E-state index in [9.17, 15) is 14.0 Å². The molecule has 3 rings (SSSR count). The molecule has 0 aliphatic heterocycles. The van der Waals surface area contributed by atoms with Crippen molar-refractivity contribution < 1.29 is 9.18 Å². The first kappa shape index (κ1) is 17.4. The van der Waals surface area contributed by atoms with Crippen molar-refractivity contribution in [2.45, 2.75) is 6.92 Å². The Balaban J connectivity index is 2.27. The minimum Gasteiger partial charge on any atom is -0.373 e. The van der Waals surface area contributed by atoms with E-state index in [1.165, 1.54) is 16.7 Å². The van der Waals surface area contributed by atoms with Crippen molar-refractivity contribution >= 4 is 28.4 Å². The van der Waals surface area contributed by atoms with E-state index in [0.29, 0.717) is 28.0 Å². The highest BCUT2D eigenvalue weighted by Crippen LogP contribution is 2.29. The molecule has 2 aromatic heterocycles. The summed E-state index contributed by atoms with van der Waals surface area (Å²) in [4.78, 5) is 28.2. The number of halogens is 1. The van der Waals surface area contributed by atoms with Gasteiger partial charge in [-0.3, -0.25) is 4.79 Å². The van der Waals surface area contributed by atoms with Crippen molar-refractivity contribution in [1.82, 2.24) is 9.55 Å². The number of pyridine rings is 2. The number of urea groups is 1. The van der Waals surface area contributed by atoms with E-state index in [1.807, 2.05) is 0 Å². The van der Waals surface area contributed by atoms with Crippen molar-refractivity contribution in [3.8, 4) is 11.1 Å². The van der Waals surface area contributed by atoms with Gasteiger partial charge in [-0.25, -0.2) is 14.2 Å². The van der Waals surface area contributed by atoms with Crippen LogP contribution in [0, 0.1) is 12.7 Å². The molecule has 4 N–H and O–H groups in total. The number of carbonyl (C=O) groups excluding carboxylic acids is 1. The molecule has 0 saturated carbocycles. The molecule has 0 atom stereocenters. The van der Waals surface area contributed by atoms with Crippen LogP contribution in [0.2, 0.25) is 0 Å². The third-order valence-electron chi connectivity index (χ3n) is 4.23. The molecule has 0 bridgehead atoms. The summed E-state index contributed by atoms with van der Waals surface area (Å²) >= 11 is 0. The molecule has 0 aliphatic carbocycles. The number of aryl methyl sites for hydroxylation is 2. The van der Waals surface area contributed by atoms with Crippen LogP contribution in [-0.4, -0.2) is 22.6 Å². The van der Waals surface area contributed by atoms with Gasteiger partial charge in [0.05, 0.1) is 11.2 Å². The number of hydrogen-bond acceptors (Lipinski definition) is 4. The van der Waals surface area contributed by atoms with E-state index < -0.39 is 11.8 Å². The normalized spacial score (nSPS) is 10.8. The molecule has 3 aromatic rings. The number of fused-ring (bicyclic) bond motifs is 1. The number of primary amides is 1. The Labute approximate surface area is 148 Å². The second-order valence-electron chi connectivity index (χ2n) is 5.94. The summed E-state index contributed by atoms with van der Waals surface area (Å²) < 4.78 is 15.6. The summed E-state index contributed by atoms with van der Waals surface area (Å²) in [5, 5.41) is 5.92. The smallest absolute Gasteiger partial charge is 0.316 e. The van der Waals surface area contributed by atoms with Gasteiger partial charge in [0.15, 0.2) is 0 Å². The molecule has 0 fully saturated rings. The first-order chi connectivity index (χ1) is 12.3. The van der Waals surface area contributed by atoms with Crippen molar-refractivity contribution in [2.24, 2.45) is 12.8 Å². The van der Waals surface area contributed by atoms with Crippen molar-refractivity contribution in [2.75, 3.05) is 17.7 Å². The number of nitrogens with one attached hydrogen (secondary N) is 2. The van der Waals surface area contributed by atoms with Crippen molar-refractivity contribution in [1.29, 1.82) is 0 Å². The number of amides is 2. The first-order valence-electron chi connectivity index (χ1n) is 7.86. The molecule has 2 heterocycles. The van der Waals surface area contributed by atoms with E-state index >= 15 is 0 Å². The maximum Gasteiger partial charge on any atom is 0.316 e. The lowest BCUT2D eigenvalue weighted by Gasteiger charge is -2.13. The van der Waals surface area contributed by atoms with Crippen LogP contribution in [0.4, 0.5) is 20.7 Å². The molecular weight excluding hydrogens is 337 g/mol. The molecule has 2 amide bonds. The zero-order valence-electron chi connectivity index (χ0n) is 14.6. The largest absolute Gasteiger partial charge is 0.373 e. The standard InChI is InChI=1S/C18H18FN5O2/c1-9-4-13(19)14(23-18(20)26)6-11(9)12-5-10-8-22-16(21-2)7-15(10)24(3)17(12)25/h4-8H,1-3H3,(H,21,22)(H3,20,23,26). The number of anilines is 2. The van der Waals surface area contributed by atoms with Crippen LogP contribution in [0.25, 0.3) is 22.0 Å². The molecule has 0 saturated heterocycles. The average Bonchev–Trinajstić information content (AvgIpc) is 2.60. The third-order valence-corrected chi connectivity index (χ3v) is 4.23. The Hall–Kier alpha value is -3.42. The van der Waals surface area contributed by atoms with E-state index in [0.717, 1.165) is 5.39 Å². The van der Waals surface area contributed by atoms with Crippen LogP contribution in [0.1, 0.15) is 5.56 Å². The third kappa shape index (κ3) is 2.97.